The first kappa shape index (κ1) is 18.8. The summed E-state index contributed by atoms with van der Waals surface area (Å²) >= 11 is 5.58. The molecule has 3 aromatic rings. The van der Waals surface area contributed by atoms with Gasteiger partial charge in [-0.1, -0.05) is 36.4 Å². The third-order valence-corrected chi connectivity index (χ3v) is 5.53. The Morgan fingerprint density at radius 2 is 1.64 bits per heavy atom. The molecular weight excluding hydrogens is 368 g/mol. The number of aromatic nitrogens is 4. The van der Waals surface area contributed by atoms with Gasteiger partial charge in [-0.05, 0) is 72.7 Å². The zero-order valence-corrected chi connectivity index (χ0v) is 17.1. The largest absolute Gasteiger partial charge is 0.371 e. The van der Waals surface area contributed by atoms with E-state index in [-0.39, 0.29) is 0 Å². The molecule has 1 aromatic heterocycles. The van der Waals surface area contributed by atoms with Crippen molar-refractivity contribution in [2.24, 2.45) is 0 Å². The second-order valence-electron chi connectivity index (χ2n) is 7.34. The van der Waals surface area contributed by atoms with E-state index in [4.69, 9.17) is 12.2 Å². The van der Waals surface area contributed by atoms with Crippen LogP contribution in [-0.4, -0.2) is 44.8 Å². The Hall–Kier alpha value is -2.51. The number of hydrogen-bond donors (Lipinski definition) is 0. The predicted octanol–water partition coefficient (Wildman–Crippen LogP) is 3.88. The van der Waals surface area contributed by atoms with Gasteiger partial charge in [0, 0.05) is 25.3 Å². The number of anilines is 1. The molecule has 0 N–H and O–H groups in total. The lowest BCUT2D eigenvalue weighted by molar-refractivity contribution is 0.242. The predicted molar refractivity (Wildman–Crippen MR) is 114 cm³/mol. The third kappa shape index (κ3) is 4.15. The highest BCUT2D eigenvalue weighted by atomic mass is 32.1. The summed E-state index contributed by atoms with van der Waals surface area (Å²) in [5.74, 6) is 0. The molecule has 4 rings (SSSR count). The Labute approximate surface area is 171 Å². The van der Waals surface area contributed by atoms with Crippen LogP contribution in [0.5, 0.6) is 0 Å². The molecule has 1 saturated heterocycles. The topological polar surface area (TPSA) is 42.1 Å². The van der Waals surface area contributed by atoms with E-state index in [1.165, 1.54) is 30.5 Å². The number of benzene rings is 2. The Morgan fingerprint density at radius 1 is 0.929 bits per heavy atom. The van der Waals surface area contributed by atoms with Crippen molar-refractivity contribution in [3.05, 3.63) is 64.9 Å². The van der Waals surface area contributed by atoms with Crippen LogP contribution >= 0.6 is 12.2 Å². The minimum Gasteiger partial charge on any atom is -0.371 e. The number of hydrogen-bond acceptors (Lipinski definition) is 5. The first-order valence-electron chi connectivity index (χ1n) is 9.82. The van der Waals surface area contributed by atoms with E-state index in [1.54, 1.807) is 9.36 Å². The van der Waals surface area contributed by atoms with Gasteiger partial charge < -0.3 is 4.90 Å². The second-order valence-corrected chi connectivity index (χ2v) is 7.71. The summed E-state index contributed by atoms with van der Waals surface area (Å²) in [6, 6.07) is 18.6. The summed E-state index contributed by atoms with van der Waals surface area (Å²) in [6.45, 7) is 3.74. The lowest BCUT2D eigenvalue weighted by Gasteiger charge is -2.31. The quantitative estimate of drug-likeness (QED) is 0.594. The molecule has 0 bridgehead atoms. The van der Waals surface area contributed by atoms with E-state index in [1.807, 2.05) is 30.3 Å². The molecule has 146 valence electrons. The van der Waals surface area contributed by atoms with Crippen molar-refractivity contribution in [2.75, 3.05) is 25.0 Å². The number of rotatable bonds is 6. The average Bonchev–Trinajstić information content (AvgIpc) is 3.10. The number of para-hydroxylation sites is 2. The van der Waals surface area contributed by atoms with Crippen molar-refractivity contribution in [3.8, 4) is 5.69 Å². The molecule has 0 aliphatic carbocycles. The fourth-order valence-corrected chi connectivity index (χ4v) is 3.99. The smallest absolute Gasteiger partial charge is 0.221 e. The van der Waals surface area contributed by atoms with Gasteiger partial charge in [0.25, 0.3) is 0 Å². The summed E-state index contributed by atoms with van der Waals surface area (Å²) in [5.41, 5.74) is 3.62. The van der Waals surface area contributed by atoms with Crippen LogP contribution in [0.2, 0.25) is 0 Å². The second kappa shape index (κ2) is 8.67. The van der Waals surface area contributed by atoms with Crippen LogP contribution in [0.4, 0.5) is 5.69 Å². The zero-order chi connectivity index (χ0) is 19.3. The lowest BCUT2D eigenvalue weighted by Crippen LogP contribution is -2.31. The van der Waals surface area contributed by atoms with Gasteiger partial charge >= 0.3 is 0 Å². The first-order valence-corrected chi connectivity index (χ1v) is 10.2. The molecule has 2 aromatic carbocycles. The Kier molecular flexibility index (Phi) is 5.83. The van der Waals surface area contributed by atoms with Crippen LogP contribution in [0, 0.1) is 4.77 Å². The number of piperidine rings is 1. The standard InChI is InChI=1S/C21H26N6S/c1-24(16-18-10-6-7-13-20(18)25-14-8-3-9-15-25)17-26-21(28)27(23-22-26)19-11-4-2-5-12-19/h2,4-7,10-13H,3,8-9,14-17H2,1H3. The van der Waals surface area contributed by atoms with Crippen molar-refractivity contribution in [1.82, 2.24) is 24.7 Å². The van der Waals surface area contributed by atoms with E-state index in [0.29, 0.717) is 11.4 Å². The average molecular weight is 395 g/mol. The highest BCUT2D eigenvalue weighted by molar-refractivity contribution is 7.71. The molecule has 0 atom stereocenters. The lowest BCUT2D eigenvalue weighted by atomic mass is 10.1. The van der Waals surface area contributed by atoms with E-state index < -0.39 is 0 Å². The summed E-state index contributed by atoms with van der Waals surface area (Å²) in [7, 11) is 2.09. The number of nitrogens with zero attached hydrogens (tertiary/aromatic N) is 6. The van der Waals surface area contributed by atoms with Gasteiger partial charge in [0.15, 0.2) is 0 Å². The van der Waals surface area contributed by atoms with Gasteiger partial charge in [-0.2, -0.15) is 4.68 Å². The zero-order valence-electron chi connectivity index (χ0n) is 16.2. The molecular formula is C21H26N6S. The molecule has 1 aliphatic rings. The molecule has 1 fully saturated rings. The maximum Gasteiger partial charge on any atom is 0.221 e. The molecule has 0 amide bonds. The van der Waals surface area contributed by atoms with E-state index in [0.717, 1.165) is 25.3 Å². The fraction of sp³-hybridized carbons (Fsp3) is 0.381. The third-order valence-electron chi connectivity index (χ3n) is 5.14. The minimum atomic E-state index is 0.597. The van der Waals surface area contributed by atoms with Gasteiger partial charge in [-0.15, -0.1) is 0 Å². The molecule has 1 aliphatic heterocycles. The maximum absolute atomic E-state index is 5.58. The molecule has 0 radical (unpaired) electrons. The molecule has 0 spiro atoms. The van der Waals surface area contributed by atoms with Crippen molar-refractivity contribution in [2.45, 2.75) is 32.5 Å². The van der Waals surface area contributed by atoms with E-state index in [9.17, 15) is 0 Å². The van der Waals surface area contributed by atoms with Gasteiger partial charge in [0.1, 0.15) is 0 Å². The van der Waals surface area contributed by atoms with Gasteiger partial charge in [0.05, 0.1) is 12.4 Å². The fourth-order valence-electron chi connectivity index (χ4n) is 3.75. The van der Waals surface area contributed by atoms with Crippen LogP contribution in [0.25, 0.3) is 5.69 Å². The normalized spacial score (nSPS) is 14.6. The highest BCUT2D eigenvalue weighted by Crippen LogP contribution is 2.25. The SMILES string of the molecule is CN(Cc1ccccc1N1CCCCC1)Cn1nnn(-c2ccccc2)c1=S. The van der Waals surface area contributed by atoms with Crippen LogP contribution in [0.3, 0.4) is 0 Å². The monoisotopic (exact) mass is 394 g/mol. The molecule has 2 heterocycles. The van der Waals surface area contributed by atoms with Crippen LogP contribution in [0.1, 0.15) is 24.8 Å². The van der Waals surface area contributed by atoms with Crippen molar-refractivity contribution < 1.29 is 0 Å². The maximum atomic E-state index is 5.58. The van der Waals surface area contributed by atoms with Gasteiger partial charge in [-0.25, -0.2) is 4.68 Å². The minimum absolute atomic E-state index is 0.597. The van der Waals surface area contributed by atoms with Crippen LogP contribution in [-0.2, 0) is 13.2 Å². The molecule has 28 heavy (non-hydrogen) atoms. The van der Waals surface area contributed by atoms with E-state index >= 15 is 0 Å². The molecule has 7 heteroatoms. The van der Waals surface area contributed by atoms with Crippen LogP contribution in [0.15, 0.2) is 54.6 Å². The molecule has 0 saturated carbocycles. The Bertz CT molecular complexity index is 958. The van der Waals surface area contributed by atoms with Crippen molar-refractivity contribution in [3.63, 3.8) is 0 Å². The Morgan fingerprint density at radius 3 is 2.43 bits per heavy atom. The van der Waals surface area contributed by atoms with Gasteiger partial charge in [0.2, 0.25) is 4.77 Å². The molecule has 6 nitrogen and oxygen atoms in total. The van der Waals surface area contributed by atoms with Gasteiger partial charge in [-0.3, -0.25) is 4.90 Å². The summed E-state index contributed by atoms with van der Waals surface area (Å²) in [6.07, 6.45) is 3.90. The summed E-state index contributed by atoms with van der Waals surface area (Å²) in [5, 5.41) is 8.49. The van der Waals surface area contributed by atoms with Crippen molar-refractivity contribution in [1.29, 1.82) is 0 Å². The first-order chi connectivity index (χ1) is 13.7. The summed E-state index contributed by atoms with van der Waals surface area (Å²) in [4.78, 5) is 4.74. The number of tetrazole rings is 1. The van der Waals surface area contributed by atoms with E-state index in [2.05, 4.69) is 51.5 Å². The summed E-state index contributed by atoms with van der Waals surface area (Å²) < 4.78 is 4.07. The highest BCUT2D eigenvalue weighted by Gasteiger charge is 2.15. The van der Waals surface area contributed by atoms with Crippen molar-refractivity contribution >= 4 is 17.9 Å². The molecule has 0 unspecified atom stereocenters. The Balaban J connectivity index is 1.48. The van der Waals surface area contributed by atoms with Crippen LogP contribution < -0.4 is 4.90 Å².